The van der Waals surface area contributed by atoms with Crippen LogP contribution in [0.2, 0.25) is 0 Å². The van der Waals surface area contributed by atoms with E-state index in [4.69, 9.17) is 0 Å². The third-order valence-electron chi connectivity index (χ3n) is 7.59. The van der Waals surface area contributed by atoms with Crippen LogP contribution in [-0.4, -0.2) is 73.3 Å². The van der Waals surface area contributed by atoms with E-state index in [1.165, 1.54) is 23.4 Å². The summed E-state index contributed by atoms with van der Waals surface area (Å²) in [4.78, 5) is 49.0. The van der Waals surface area contributed by atoms with E-state index in [1.807, 2.05) is 19.1 Å². The van der Waals surface area contributed by atoms with Crippen LogP contribution < -0.4 is 5.32 Å². The molecule has 3 heterocycles. The van der Waals surface area contributed by atoms with Gasteiger partial charge in [-0.2, -0.15) is 5.10 Å². The molecule has 1 aliphatic heterocycles. The lowest BCUT2D eigenvalue weighted by atomic mass is 10.0. The first-order valence-electron chi connectivity index (χ1n) is 12.9. The number of fused-ring (bicyclic) bond motifs is 2. The van der Waals surface area contributed by atoms with Crippen LogP contribution in [0.4, 0.5) is 13.2 Å². The van der Waals surface area contributed by atoms with E-state index in [2.05, 4.69) is 25.1 Å². The number of piperidine rings is 1. The normalized spacial score (nSPS) is 22.7. The molecule has 1 aromatic carbocycles. The van der Waals surface area contributed by atoms with Gasteiger partial charge in [-0.3, -0.25) is 23.8 Å². The van der Waals surface area contributed by atoms with E-state index in [1.54, 1.807) is 25.4 Å². The van der Waals surface area contributed by atoms with E-state index in [0.29, 0.717) is 23.1 Å². The van der Waals surface area contributed by atoms with Gasteiger partial charge in [-0.05, 0) is 49.8 Å². The van der Waals surface area contributed by atoms with Gasteiger partial charge in [-0.25, -0.2) is 9.97 Å². The Hall–Kier alpha value is -3.87. The number of rotatable bonds is 8. The van der Waals surface area contributed by atoms with Crippen molar-refractivity contribution in [2.24, 2.45) is 5.41 Å². The minimum absolute atomic E-state index is 0.153. The fourth-order valence-corrected chi connectivity index (χ4v) is 5.45. The number of ether oxygens (including phenoxy) is 1. The Morgan fingerprint density at radius 1 is 1.18 bits per heavy atom. The lowest BCUT2D eigenvalue weighted by molar-refractivity contribution is -0.326. The summed E-state index contributed by atoms with van der Waals surface area (Å²) in [5, 5.41) is 7.55. The number of carbonyl (C=O) groups is 3. The van der Waals surface area contributed by atoms with Crippen LogP contribution in [-0.2, 0) is 20.9 Å². The van der Waals surface area contributed by atoms with E-state index < -0.39 is 31.0 Å². The minimum atomic E-state index is -4.80. The van der Waals surface area contributed by atoms with Crippen molar-refractivity contribution in [3.8, 4) is 11.1 Å². The maximum absolute atomic E-state index is 13.6. The lowest BCUT2D eigenvalue weighted by Gasteiger charge is -2.28. The highest BCUT2D eigenvalue weighted by molar-refractivity contribution is 6.06. The molecule has 13 heteroatoms. The highest BCUT2D eigenvalue weighted by Gasteiger charge is 2.64. The molecule has 1 N–H and O–H groups in total. The first kappa shape index (κ1) is 27.7. The van der Waals surface area contributed by atoms with E-state index in [-0.39, 0.29) is 35.4 Å². The molecule has 3 aromatic rings. The molecule has 40 heavy (non-hydrogen) atoms. The maximum atomic E-state index is 13.6. The molecule has 2 amide bonds. The zero-order valence-corrected chi connectivity index (χ0v) is 22.5. The van der Waals surface area contributed by atoms with Gasteiger partial charge in [0, 0.05) is 42.4 Å². The SMILES string of the molecule is CC(=O)c1nn(CC(=O)N2[C@H](C(=O)NC(C)COC(F)(F)F)C[C@@]3(C)C[C@@H]23)c2ccc(-c3cnc(C)nc3)cc12. The van der Waals surface area contributed by atoms with Gasteiger partial charge in [0.25, 0.3) is 0 Å². The van der Waals surface area contributed by atoms with Crippen molar-refractivity contribution in [2.75, 3.05) is 6.61 Å². The average molecular weight is 559 g/mol. The fourth-order valence-electron chi connectivity index (χ4n) is 5.45. The largest absolute Gasteiger partial charge is 0.522 e. The van der Waals surface area contributed by atoms with Crippen LogP contribution in [0.25, 0.3) is 22.0 Å². The van der Waals surface area contributed by atoms with Crippen LogP contribution in [0.1, 0.15) is 49.9 Å². The van der Waals surface area contributed by atoms with Gasteiger partial charge < -0.3 is 10.2 Å². The number of amides is 2. The highest BCUT2D eigenvalue weighted by Crippen LogP contribution is 2.59. The number of likely N-dealkylation sites (tertiary alicyclic amines) is 1. The van der Waals surface area contributed by atoms with Crippen molar-refractivity contribution in [3.63, 3.8) is 0 Å². The second-order valence-corrected chi connectivity index (χ2v) is 10.9. The number of hydrogen-bond donors (Lipinski definition) is 1. The molecule has 2 aliphatic rings. The Morgan fingerprint density at radius 3 is 2.52 bits per heavy atom. The summed E-state index contributed by atoms with van der Waals surface area (Å²) in [5.74, 6) is -0.525. The Balaban J connectivity index is 1.37. The minimum Gasteiger partial charge on any atom is -0.350 e. The molecule has 0 spiro atoms. The highest BCUT2D eigenvalue weighted by atomic mass is 19.4. The van der Waals surface area contributed by atoms with Crippen molar-refractivity contribution < 1.29 is 32.3 Å². The zero-order valence-electron chi connectivity index (χ0n) is 22.5. The van der Waals surface area contributed by atoms with Gasteiger partial charge >= 0.3 is 6.36 Å². The summed E-state index contributed by atoms with van der Waals surface area (Å²) in [7, 11) is 0. The van der Waals surface area contributed by atoms with Gasteiger partial charge in [0.2, 0.25) is 11.8 Å². The Bertz CT molecular complexity index is 1490. The number of Topliss-reactive ketones (excluding diaryl/α,β-unsaturated/α-hetero) is 1. The van der Waals surface area contributed by atoms with Crippen molar-refractivity contribution >= 4 is 28.5 Å². The van der Waals surface area contributed by atoms with Crippen LogP contribution in [0.3, 0.4) is 0 Å². The van der Waals surface area contributed by atoms with Crippen molar-refractivity contribution in [3.05, 3.63) is 42.1 Å². The second-order valence-electron chi connectivity index (χ2n) is 10.9. The molecule has 1 aliphatic carbocycles. The number of nitrogens with one attached hydrogen (secondary N) is 1. The van der Waals surface area contributed by atoms with E-state index >= 15 is 0 Å². The number of aromatic nitrogens is 4. The molecule has 4 atom stereocenters. The number of halogens is 3. The monoisotopic (exact) mass is 558 g/mol. The molecular weight excluding hydrogens is 529 g/mol. The second kappa shape index (κ2) is 9.95. The molecule has 1 saturated heterocycles. The van der Waals surface area contributed by atoms with Crippen molar-refractivity contribution in [2.45, 2.75) is 71.6 Å². The van der Waals surface area contributed by atoms with Gasteiger partial charge in [-0.1, -0.05) is 13.0 Å². The summed E-state index contributed by atoms with van der Waals surface area (Å²) in [6, 6.07) is 3.53. The predicted octanol–water partition coefficient (Wildman–Crippen LogP) is 3.42. The van der Waals surface area contributed by atoms with Crippen LogP contribution in [0.5, 0.6) is 0 Å². The number of nitrogens with zero attached hydrogens (tertiary/aromatic N) is 5. The number of aryl methyl sites for hydroxylation is 1. The number of benzene rings is 1. The molecule has 0 radical (unpaired) electrons. The Morgan fingerprint density at radius 2 is 1.88 bits per heavy atom. The van der Waals surface area contributed by atoms with Crippen LogP contribution in [0, 0.1) is 12.3 Å². The van der Waals surface area contributed by atoms with Gasteiger partial charge in [0.1, 0.15) is 24.1 Å². The summed E-state index contributed by atoms with van der Waals surface area (Å²) in [5.41, 5.74) is 2.11. The smallest absolute Gasteiger partial charge is 0.350 e. The standard InChI is InChI=1S/C27H29F3N6O4/c1-14(13-40-27(28,29)30)33-25(39)21-8-26(4)9-22(26)36(21)23(38)12-35-20-6-5-17(18-10-31-16(3)32-11-18)7-19(20)24(34-35)15(2)37/h5-7,10-11,14,21-22H,8-9,12-13H2,1-4H3,(H,33,39)/t14?,21-,22+,26-/m0/s1. The number of ketones is 1. The molecule has 10 nitrogen and oxygen atoms in total. The van der Waals surface area contributed by atoms with E-state index in [0.717, 1.165) is 17.5 Å². The number of carbonyl (C=O) groups excluding carboxylic acids is 3. The third kappa shape index (κ3) is 5.42. The first-order chi connectivity index (χ1) is 18.8. The summed E-state index contributed by atoms with van der Waals surface area (Å²) < 4.78 is 42.5. The summed E-state index contributed by atoms with van der Waals surface area (Å²) in [6.45, 7) is 5.62. The van der Waals surface area contributed by atoms with Crippen molar-refractivity contribution in [1.82, 2.24) is 30.0 Å². The predicted molar refractivity (Wildman–Crippen MR) is 137 cm³/mol. The topological polar surface area (TPSA) is 119 Å². The van der Waals surface area contributed by atoms with Gasteiger partial charge in [0.05, 0.1) is 12.1 Å². The molecule has 5 rings (SSSR count). The average Bonchev–Trinajstić information content (AvgIpc) is 3.24. The fraction of sp³-hybridized carbons (Fsp3) is 0.481. The number of hydrogen-bond acceptors (Lipinski definition) is 7. The van der Waals surface area contributed by atoms with Crippen LogP contribution in [0.15, 0.2) is 30.6 Å². The maximum Gasteiger partial charge on any atom is 0.522 e. The zero-order chi connectivity index (χ0) is 29.0. The molecule has 212 valence electrons. The van der Waals surface area contributed by atoms with E-state index in [9.17, 15) is 27.6 Å². The first-order valence-corrected chi connectivity index (χ1v) is 12.9. The lowest BCUT2D eigenvalue weighted by Crippen LogP contribution is -2.51. The van der Waals surface area contributed by atoms with Gasteiger partial charge in [-0.15, -0.1) is 13.2 Å². The quantitative estimate of drug-likeness (QED) is 0.421. The van der Waals surface area contributed by atoms with Crippen LogP contribution >= 0.6 is 0 Å². The Labute approximate surface area is 227 Å². The summed E-state index contributed by atoms with van der Waals surface area (Å²) in [6.07, 6.45) is -0.291. The molecule has 0 bridgehead atoms. The number of alkyl halides is 3. The molecule has 1 saturated carbocycles. The Kier molecular flexibility index (Phi) is 6.89. The molecular formula is C27H29F3N6O4. The third-order valence-corrected chi connectivity index (χ3v) is 7.59. The summed E-state index contributed by atoms with van der Waals surface area (Å²) >= 11 is 0. The molecule has 2 aromatic heterocycles. The van der Waals surface area contributed by atoms with Crippen molar-refractivity contribution in [1.29, 1.82) is 0 Å². The molecule has 1 unspecified atom stereocenters. The van der Waals surface area contributed by atoms with Gasteiger partial charge in [0.15, 0.2) is 5.78 Å². The molecule has 2 fully saturated rings.